The first-order valence-electron chi connectivity index (χ1n) is 6.94. The molecule has 1 unspecified atom stereocenters. The number of ether oxygens (including phenoxy) is 1. The van der Waals surface area contributed by atoms with Crippen LogP contribution >= 0.6 is 15.9 Å². The van der Waals surface area contributed by atoms with Gasteiger partial charge in [0.2, 0.25) is 0 Å². The minimum Gasteiger partial charge on any atom is -0.484 e. The average Bonchev–Trinajstić information content (AvgIpc) is 2.48. The lowest BCUT2D eigenvalue weighted by molar-refractivity contribution is 0.214. The Bertz CT molecular complexity index is 522. The normalized spacial score (nSPS) is 12.2. The Morgan fingerprint density at radius 1 is 1.05 bits per heavy atom. The maximum Gasteiger partial charge on any atom is 0.136 e. The van der Waals surface area contributed by atoms with Crippen molar-refractivity contribution in [2.24, 2.45) is 5.73 Å². The van der Waals surface area contributed by atoms with Gasteiger partial charge in [0.05, 0.1) is 0 Å². The van der Waals surface area contributed by atoms with Gasteiger partial charge in [0, 0.05) is 11.0 Å². The van der Waals surface area contributed by atoms with E-state index < -0.39 is 0 Å². The van der Waals surface area contributed by atoms with E-state index >= 15 is 0 Å². The maximum absolute atomic E-state index is 5.98. The van der Waals surface area contributed by atoms with Crippen LogP contribution in [-0.2, 0) is 6.42 Å². The number of halogens is 1. The Balaban J connectivity index is 2.07. The smallest absolute Gasteiger partial charge is 0.136 e. The largest absolute Gasteiger partial charge is 0.484 e. The van der Waals surface area contributed by atoms with Crippen LogP contribution in [0.3, 0.4) is 0 Å². The van der Waals surface area contributed by atoms with E-state index in [1.54, 1.807) is 0 Å². The lowest BCUT2D eigenvalue weighted by Crippen LogP contribution is -2.18. The van der Waals surface area contributed by atoms with Crippen LogP contribution in [0, 0.1) is 0 Å². The fourth-order valence-corrected chi connectivity index (χ4v) is 2.38. The molecule has 0 heterocycles. The highest BCUT2D eigenvalue weighted by molar-refractivity contribution is 9.10. The fraction of sp³-hybridized carbons (Fsp3) is 0.294. The number of hydrogen-bond acceptors (Lipinski definition) is 2. The summed E-state index contributed by atoms with van der Waals surface area (Å²) in [6, 6.07) is 16.4. The minimum absolute atomic E-state index is 0.111. The first kappa shape index (κ1) is 15.1. The van der Waals surface area contributed by atoms with Crippen LogP contribution in [-0.4, -0.2) is 6.54 Å². The molecule has 0 aliphatic heterocycles. The molecule has 0 amide bonds. The summed E-state index contributed by atoms with van der Waals surface area (Å²) >= 11 is 3.43. The van der Waals surface area contributed by atoms with Crippen LogP contribution in [0.25, 0.3) is 0 Å². The fourth-order valence-electron chi connectivity index (χ4n) is 2.12. The zero-order valence-corrected chi connectivity index (χ0v) is 13.3. The minimum atomic E-state index is -0.111. The van der Waals surface area contributed by atoms with Crippen LogP contribution < -0.4 is 10.5 Å². The van der Waals surface area contributed by atoms with Gasteiger partial charge in [-0.05, 0) is 41.8 Å². The van der Waals surface area contributed by atoms with Crippen molar-refractivity contribution in [1.29, 1.82) is 0 Å². The number of benzene rings is 2. The van der Waals surface area contributed by atoms with E-state index in [9.17, 15) is 0 Å². The molecule has 2 rings (SSSR count). The summed E-state index contributed by atoms with van der Waals surface area (Å²) in [7, 11) is 0. The van der Waals surface area contributed by atoms with E-state index in [-0.39, 0.29) is 6.10 Å². The third-order valence-corrected chi connectivity index (χ3v) is 3.72. The molecule has 2 N–H and O–H groups in total. The molecule has 2 nitrogen and oxygen atoms in total. The molecule has 0 bridgehead atoms. The van der Waals surface area contributed by atoms with E-state index in [2.05, 4.69) is 35.0 Å². The number of nitrogens with two attached hydrogens (primary N) is 1. The van der Waals surface area contributed by atoms with Gasteiger partial charge in [-0.1, -0.05) is 53.5 Å². The van der Waals surface area contributed by atoms with Gasteiger partial charge >= 0.3 is 0 Å². The molecule has 0 radical (unpaired) electrons. The van der Waals surface area contributed by atoms with Crippen molar-refractivity contribution in [2.75, 3.05) is 6.54 Å². The molecule has 1 atom stereocenters. The second-order valence-corrected chi connectivity index (χ2v) is 5.70. The zero-order chi connectivity index (χ0) is 14.4. The Kier molecular flexibility index (Phi) is 5.62. The molecule has 0 aliphatic rings. The molecule has 2 aromatic rings. The van der Waals surface area contributed by atoms with E-state index in [0.29, 0.717) is 6.54 Å². The molecule has 0 saturated heterocycles. The lowest BCUT2D eigenvalue weighted by atomic mass is 10.1. The summed E-state index contributed by atoms with van der Waals surface area (Å²) in [4.78, 5) is 0. The second-order valence-electron chi connectivity index (χ2n) is 4.79. The van der Waals surface area contributed by atoms with E-state index in [1.165, 1.54) is 5.56 Å². The van der Waals surface area contributed by atoms with E-state index in [1.807, 2.05) is 36.4 Å². The third-order valence-electron chi connectivity index (χ3n) is 3.20. The Labute approximate surface area is 129 Å². The Morgan fingerprint density at radius 3 is 2.25 bits per heavy atom. The van der Waals surface area contributed by atoms with Gasteiger partial charge in [-0.25, -0.2) is 0 Å². The predicted octanol–water partition coefficient (Wildman–Crippen LogP) is 4.48. The van der Waals surface area contributed by atoms with E-state index in [0.717, 1.165) is 28.6 Å². The van der Waals surface area contributed by atoms with Crippen molar-refractivity contribution in [1.82, 2.24) is 0 Å². The second kappa shape index (κ2) is 7.46. The highest BCUT2D eigenvalue weighted by Crippen LogP contribution is 2.23. The molecule has 0 spiro atoms. The molecule has 0 fully saturated rings. The molecule has 0 saturated carbocycles. The quantitative estimate of drug-likeness (QED) is 0.845. The molecule has 106 valence electrons. The van der Waals surface area contributed by atoms with Crippen molar-refractivity contribution in [3.05, 3.63) is 64.1 Å². The summed E-state index contributed by atoms with van der Waals surface area (Å²) in [5.74, 6) is 0.864. The van der Waals surface area contributed by atoms with Crippen molar-refractivity contribution >= 4 is 15.9 Å². The van der Waals surface area contributed by atoms with Crippen molar-refractivity contribution in [3.63, 3.8) is 0 Å². The number of aryl methyl sites for hydroxylation is 1. The number of hydrogen-bond donors (Lipinski definition) is 1. The van der Waals surface area contributed by atoms with Gasteiger partial charge in [0.1, 0.15) is 11.9 Å². The molecular formula is C17H20BrNO. The van der Waals surface area contributed by atoms with Crippen molar-refractivity contribution < 1.29 is 4.74 Å². The van der Waals surface area contributed by atoms with Gasteiger partial charge < -0.3 is 10.5 Å². The highest BCUT2D eigenvalue weighted by Gasteiger charge is 2.11. The molecule has 0 aliphatic carbocycles. The summed E-state index contributed by atoms with van der Waals surface area (Å²) < 4.78 is 7.04. The van der Waals surface area contributed by atoms with Gasteiger partial charge in [-0.2, -0.15) is 0 Å². The Morgan fingerprint density at radius 2 is 1.70 bits per heavy atom. The van der Waals surface area contributed by atoms with Gasteiger partial charge in [-0.3, -0.25) is 0 Å². The summed E-state index contributed by atoms with van der Waals surface area (Å²) in [6.45, 7) is 2.64. The SMILES string of the molecule is CCCc1ccc(OC(CN)c2ccc(Br)cc2)cc1. The van der Waals surface area contributed by atoms with Crippen LogP contribution in [0.5, 0.6) is 5.75 Å². The van der Waals surface area contributed by atoms with Gasteiger partial charge in [0.25, 0.3) is 0 Å². The van der Waals surface area contributed by atoms with E-state index in [4.69, 9.17) is 10.5 Å². The first-order valence-corrected chi connectivity index (χ1v) is 7.73. The van der Waals surface area contributed by atoms with Crippen LogP contribution in [0.1, 0.15) is 30.6 Å². The van der Waals surface area contributed by atoms with Crippen molar-refractivity contribution in [3.8, 4) is 5.75 Å². The summed E-state index contributed by atoms with van der Waals surface area (Å²) in [5, 5.41) is 0. The standard InChI is InChI=1S/C17H20BrNO/c1-2-3-13-4-10-16(11-5-13)20-17(12-19)14-6-8-15(18)9-7-14/h4-11,17H,2-3,12,19H2,1H3. The first-order chi connectivity index (χ1) is 9.72. The monoisotopic (exact) mass is 333 g/mol. The predicted molar refractivity (Wildman–Crippen MR) is 87.0 cm³/mol. The molecular weight excluding hydrogens is 314 g/mol. The van der Waals surface area contributed by atoms with Crippen molar-refractivity contribution in [2.45, 2.75) is 25.9 Å². The topological polar surface area (TPSA) is 35.2 Å². The third kappa shape index (κ3) is 4.09. The highest BCUT2D eigenvalue weighted by atomic mass is 79.9. The molecule has 2 aromatic carbocycles. The number of rotatable bonds is 6. The summed E-state index contributed by atoms with van der Waals surface area (Å²) in [6.07, 6.45) is 2.15. The van der Waals surface area contributed by atoms with Crippen LogP contribution in [0.15, 0.2) is 53.0 Å². The van der Waals surface area contributed by atoms with Gasteiger partial charge in [0.15, 0.2) is 0 Å². The lowest BCUT2D eigenvalue weighted by Gasteiger charge is -2.18. The zero-order valence-electron chi connectivity index (χ0n) is 11.7. The van der Waals surface area contributed by atoms with Crippen LogP contribution in [0.4, 0.5) is 0 Å². The van der Waals surface area contributed by atoms with Gasteiger partial charge in [-0.15, -0.1) is 0 Å². The molecule has 3 heteroatoms. The molecule has 20 heavy (non-hydrogen) atoms. The Hall–Kier alpha value is -1.32. The summed E-state index contributed by atoms with van der Waals surface area (Å²) in [5.41, 5.74) is 8.26. The average molecular weight is 334 g/mol. The molecule has 0 aromatic heterocycles. The maximum atomic E-state index is 5.98. The van der Waals surface area contributed by atoms with Crippen LogP contribution in [0.2, 0.25) is 0 Å².